The first-order valence-corrected chi connectivity index (χ1v) is 13.0. The van der Waals surface area contributed by atoms with Crippen molar-refractivity contribution >= 4 is 54.3 Å². The Hall–Kier alpha value is -4.10. The van der Waals surface area contributed by atoms with Gasteiger partial charge in [-0.1, -0.05) is 45.0 Å². The van der Waals surface area contributed by atoms with E-state index in [1.165, 1.54) is 20.5 Å². The number of hydrogen-bond acceptors (Lipinski definition) is 5. The van der Waals surface area contributed by atoms with E-state index in [0.717, 1.165) is 62.2 Å². The van der Waals surface area contributed by atoms with Crippen LogP contribution in [0.1, 0.15) is 38.3 Å². The molecular weight excluding hydrogens is 464 g/mol. The zero-order chi connectivity index (χ0) is 24.4. The molecule has 0 saturated carbocycles. The third kappa shape index (κ3) is 3.23. The number of H-pyrrole nitrogens is 2. The summed E-state index contributed by atoms with van der Waals surface area (Å²) >= 11 is 1.79. The summed E-state index contributed by atoms with van der Waals surface area (Å²) in [6, 6.07) is 15.5. The molecule has 0 aliphatic heterocycles. The Bertz CT molecular complexity index is 1920. The smallest absolute Gasteiger partial charge is 0.115 e. The fraction of sp³-hybridized carbons (Fsp3) is 0.172. The zero-order valence-electron chi connectivity index (χ0n) is 20.3. The third-order valence-electron chi connectivity index (χ3n) is 6.81. The quantitative estimate of drug-likeness (QED) is 0.250. The van der Waals surface area contributed by atoms with Gasteiger partial charge in [0.05, 0.1) is 33.3 Å². The Morgan fingerprint density at radius 2 is 1.64 bits per heavy atom. The van der Waals surface area contributed by atoms with E-state index < -0.39 is 0 Å². The Morgan fingerprint density at radius 1 is 0.833 bits per heavy atom. The Balaban J connectivity index is 1.38. The molecular formula is C29H24N6S. The molecule has 0 spiro atoms. The van der Waals surface area contributed by atoms with Crippen LogP contribution in [0.4, 0.5) is 0 Å². The average molecular weight is 489 g/mol. The highest BCUT2D eigenvalue weighted by atomic mass is 32.1. The molecule has 7 rings (SSSR count). The number of aryl methyl sites for hydroxylation is 1. The Labute approximate surface area is 211 Å². The van der Waals surface area contributed by atoms with Crippen molar-refractivity contribution < 1.29 is 0 Å². The molecule has 0 aliphatic carbocycles. The lowest BCUT2D eigenvalue weighted by molar-refractivity contribution is 0.795. The maximum Gasteiger partial charge on any atom is 0.115 e. The van der Waals surface area contributed by atoms with Crippen LogP contribution in [-0.2, 0) is 6.42 Å². The lowest BCUT2D eigenvalue weighted by atomic mass is 9.99. The van der Waals surface area contributed by atoms with E-state index in [4.69, 9.17) is 9.97 Å². The summed E-state index contributed by atoms with van der Waals surface area (Å²) in [6.45, 7) is 6.41. The van der Waals surface area contributed by atoms with Crippen LogP contribution in [0.3, 0.4) is 0 Å². The molecule has 4 aromatic heterocycles. The molecule has 36 heavy (non-hydrogen) atoms. The van der Waals surface area contributed by atoms with Crippen LogP contribution in [0.25, 0.3) is 64.6 Å². The maximum atomic E-state index is 4.87. The number of rotatable bonds is 4. The van der Waals surface area contributed by atoms with Crippen molar-refractivity contribution in [2.24, 2.45) is 0 Å². The predicted octanol–water partition coefficient (Wildman–Crippen LogP) is 7.62. The molecule has 7 aromatic rings. The van der Waals surface area contributed by atoms with Crippen LogP contribution in [0.5, 0.6) is 0 Å². The summed E-state index contributed by atoms with van der Waals surface area (Å²) in [6.07, 6.45) is 6.29. The number of hydrogen-bond donors (Lipinski definition) is 2. The maximum absolute atomic E-state index is 4.87. The topological polar surface area (TPSA) is 83.1 Å². The zero-order valence-corrected chi connectivity index (χ0v) is 21.1. The first-order valence-electron chi connectivity index (χ1n) is 12.2. The van der Waals surface area contributed by atoms with E-state index >= 15 is 0 Å². The molecule has 0 radical (unpaired) electrons. The van der Waals surface area contributed by atoms with Gasteiger partial charge in [-0.15, -0.1) is 11.3 Å². The molecule has 0 saturated heterocycles. The van der Waals surface area contributed by atoms with E-state index in [0.29, 0.717) is 5.92 Å². The lowest BCUT2D eigenvalue weighted by Gasteiger charge is -2.08. The van der Waals surface area contributed by atoms with Crippen LogP contribution >= 0.6 is 11.3 Å². The first kappa shape index (κ1) is 21.2. The summed E-state index contributed by atoms with van der Waals surface area (Å²) in [4.78, 5) is 26.9. The number of aromatic amines is 2. The van der Waals surface area contributed by atoms with Crippen molar-refractivity contribution in [1.82, 2.24) is 29.9 Å². The highest BCUT2D eigenvalue weighted by Gasteiger charge is 2.16. The van der Waals surface area contributed by atoms with Crippen molar-refractivity contribution in [2.75, 3.05) is 0 Å². The van der Waals surface area contributed by atoms with Gasteiger partial charge in [-0.2, -0.15) is 0 Å². The fourth-order valence-corrected chi connectivity index (χ4v) is 5.97. The normalized spacial score (nSPS) is 12.1. The third-order valence-corrected chi connectivity index (χ3v) is 7.94. The monoisotopic (exact) mass is 488 g/mol. The minimum absolute atomic E-state index is 0.379. The summed E-state index contributed by atoms with van der Waals surface area (Å²) in [5.41, 5.74) is 7.09. The summed E-state index contributed by atoms with van der Waals surface area (Å²) < 4.78 is 1.25. The van der Waals surface area contributed by atoms with Crippen LogP contribution < -0.4 is 0 Å². The highest BCUT2D eigenvalue weighted by Crippen LogP contribution is 2.38. The summed E-state index contributed by atoms with van der Waals surface area (Å²) in [5, 5.41) is 3.40. The van der Waals surface area contributed by atoms with Gasteiger partial charge >= 0.3 is 0 Å². The number of benzene rings is 3. The number of nitrogens with one attached hydrogen (secondary N) is 2. The average Bonchev–Trinajstić information content (AvgIpc) is 3.66. The number of aromatic nitrogens is 6. The van der Waals surface area contributed by atoms with Crippen molar-refractivity contribution in [3.8, 4) is 21.7 Å². The molecule has 0 atom stereocenters. The Morgan fingerprint density at radius 3 is 2.44 bits per heavy atom. The van der Waals surface area contributed by atoms with Gasteiger partial charge in [0.25, 0.3) is 0 Å². The van der Waals surface area contributed by atoms with E-state index in [1.807, 2.05) is 6.20 Å². The molecule has 2 N–H and O–H groups in total. The minimum atomic E-state index is 0.379. The minimum Gasteiger partial charge on any atom is -0.341 e. The second-order valence-corrected chi connectivity index (χ2v) is 10.6. The molecule has 7 heteroatoms. The number of imidazole rings is 2. The lowest BCUT2D eigenvalue weighted by Crippen LogP contribution is -1.88. The van der Waals surface area contributed by atoms with Gasteiger partial charge in [0.1, 0.15) is 17.2 Å². The van der Waals surface area contributed by atoms with E-state index in [2.05, 4.69) is 83.2 Å². The second-order valence-electron chi connectivity index (χ2n) is 9.47. The molecule has 0 aliphatic rings. The number of fused-ring (bicyclic) bond motifs is 7. The molecule has 176 valence electrons. The van der Waals surface area contributed by atoms with Gasteiger partial charge in [0.2, 0.25) is 0 Å². The number of thiophene rings is 1. The molecule has 3 aromatic carbocycles. The van der Waals surface area contributed by atoms with Crippen LogP contribution in [-0.4, -0.2) is 29.9 Å². The van der Waals surface area contributed by atoms with Crippen molar-refractivity contribution in [3.63, 3.8) is 0 Å². The molecule has 0 unspecified atom stereocenters. The Kier molecular flexibility index (Phi) is 4.69. The van der Waals surface area contributed by atoms with Crippen molar-refractivity contribution in [2.45, 2.75) is 33.1 Å². The fourth-order valence-electron chi connectivity index (χ4n) is 4.90. The molecule has 6 nitrogen and oxygen atoms in total. The predicted molar refractivity (Wildman–Crippen MR) is 149 cm³/mol. The highest BCUT2D eigenvalue weighted by molar-refractivity contribution is 7.22. The summed E-state index contributed by atoms with van der Waals surface area (Å²) in [5.74, 6) is 2.36. The van der Waals surface area contributed by atoms with Crippen molar-refractivity contribution in [3.05, 3.63) is 72.7 Å². The van der Waals surface area contributed by atoms with Crippen molar-refractivity contribution in [1.29, 1.82) is 0 Å². The standard InChI is InChI=1S/C29H24N6S/c1-4-24-34-26-19-8-7-16(11-20(19)25-27(28(26)35-24)31-10-9-30-25)17-5-6-18-13-23(36-22(18)12-17)21-14-32-29(33-21)15(2)3/h5-15H,4H2,1-3H3,(H,32,33)(H,34,35). The first-order chi connectivity index (χ1) is 17.6. The largest absolute Gasteiger partial charge is 0.341 e. The molecule has 0 bridgehead atoms. The van der Waals surface area contributed by atoms with Gasteiger partial charge < -0.3 is 9.97 Å². The second kappa shape index (κ2) is 7.96. The van der Waals surface area contributed by atoms with Gasteiger partial charge in [-0.3, -0.25) is 9.97 Å². The SMILES string of the molecule is CCc1nc2c3ccc(-c4ccc5cc(-c6cnc(C(C)C)[nH]6)sc5c4)cc3c3nccnc3c2[nH]1. The number of nitrogens with zero attached hydrogens (tertiary/aromatic N) is 4. The van der Waals surface area contributed by atoms with Crippen LogP contribution in [0, 0.1) is 0 Å². The van der Waals surface area contributed by atoms with Gasteiger partial charge in [0, 0.05) is 40.2 Å². The van der Waals surface area contributed by atoms with E-state index in [9.17, 15) is 0 Å². The van der Waals surface area contributed by atoms with E-state index in [-0.39, 0.29) is 0 Å². The van der Waals surface area contributed by atoms with Gasteiger partial charge in [-0.25, -0.2) is 9.97 Å². The van der Waals surface area contributed by atoms with Gasteiger partial charge in [0.15, 0.2) is 0 Å². The molecule has 0 fully saturated rings. The van der Waals surface area contributed by atoms with E-state index in [1.54, 1.807) is 23.7 Å². The molecule has 0 amide bonds. The van der Waals surface area contributed by atoms with Crippen LogP contribution in [0.2, 0.25) is 0 Å². The molecule has 4 heterocycles. The van der Waals surface area contributed by atoms with Crippen LogP contribution in [0.15, 0.2) is 61.1 Å². The summed E-state index contributed by atoms with van der Waals surface area (Å²) in [7, 11) is 0. The van der Waals surface area contributed by atoms with Gasteiger partial charge in [-0.05, 0) is 34.7 Å².